The first-order valence-electron chi connectivity index (χ1n) is 6.71. The molecule has 0 radical (unpaired) electrons. The Balaban J connectivity index is 2.79. The molecule has 0 saturated heterocycles. The van der Waals surface area contributed by atoms with Crippen LogP contribution in [0.25, 0.3) is 0 Å². The van der Waals surface area contributed by atoms with Crippen LogP contribution < -0.4 is 5.32 Å². The maximum Gasteiger partial charge on any atom is 0.268 e. The van der Waals surface area contributed by atoms with Gasteiger partial charge in [-0.15, -0.1) is 0 Å². The summed E-state index contributed by atoms with van der Waals surface area (Å²) in [5, 5.41) is 13.0. The van der Waals surface area contributed by atoms with Gasteiger partial charge in [0.1, 0.15) is 5.69 Å². The van der Waals surface area contributed by atoms with Gasteiger partial charge in [-0.2, -0.15) is 0 Å². The van der Waals surface area contributed by atoms with Gasteiger partial charge < -0.3 is 15.0 Å². The maximum atomic E-state index is 12.2. The first-order valence-corrected chi connectivity index (χ1v) is 7.50. The minimum absolute atomic E-state index is 0.153. The fourth-order valence-corrected chi connectivity index (χ4v) is 2.33. The maximum absolute atomic E-state index is 12.2. The molecule has 0 aliphatic carbocycles. The smallest absolute Gasteiger partial charge is 0.268 e. The zero-order valence-corrected chi connectivity index (χ0v) is 13.6. The van der Waals surface area contributed by atoms with E-state index < -0.39 is 5.60 Å². The molecule has 1 amide bonds. The lowest BCUT2D eigenvalue weighted by atomic mass is 9.97. The number of hydrogen-bond donors (Lipinski definition) is 2. The van der Waals surface area contributed by atoms with E-state index in [1.165, 1.54) is 0 Å². The Kier molecular flexibility index (Phi) is 5.62. The first-order chi connectivity index (χ1) is 8.83. The van der Waals surface area contributed by atoms with Crippen LogP contribution in [-0.4, -0.2) is 27.7 Å². The average Bonchev–Trinajstić information content (AvgIpc) is 2.78. The molecule has 108 valence electrons. The second kappa shape index (κ2) is 6.57. The lowest BCUT2D eigenvalue weighted by Crippen LogP contribution is -2.42. The van der Waals surface area contributed by atoms with Crippen LogP contribution in [0.4, 0.5) is 0 Å². The summed E-state index contributed by atoms with van der Waals surface area (Å²) in [6.07, 6.45) is 3.14. The molecule has 0 spiro atoms. The molecule has 4 nitrogen and oxygen atoms in total. The largest absolute Gasteiger partial charge is 0.388 e. The normalized spacial score (nSPS) is 11.9. The topological polar surface area (TPSA) is 54.3 Å². The summed E-state index contributed by atoms with van der Waals surface area (Å²) in [6.45, 7) is 8.17. The zero-order valence-electron chi connectivity index (χ0n) is 12.0. The van der Waals surface area contributed by atoms with Crippen LogP contribution in [0.3, 0.4) is 0 Å². The van der Waals surface area contributed by atoms with Crippen LogP contribution in [0.1, 0.15) is 57.1 Å². The third kappa shape index (κ3) is 4.08. The number of aliphatic hydroxyl groups is 1. The summed E-state index contributed by atoms with van der Waals surface area (Å²) >= 11 is 3.39. The molecule has 0 aliphatic rings. The third-order valence-electron chi connectivity index (χ3n) is 3.50. The van der Waals surface area contributed by atoms with E-state index in [4.69, 9.17) is 0 Å². The van der Waals surface area contributed by atoms with Crippen molar-refractivity contribution < 1.29 is 9.90 Å². The van der Waals surface area contributed by atoms with Crippen molar-refractivity contribution >= 4 is 21.8 Å². The molecule has 1 heterocycles. The highest BCUT2D eigenvalue weighted by Gasteiger charge is 2.24. The van der Waals surface area contributed by atoms with Gasteiger partial charge in [-0.25, -0.2) is 0 Å². The number of nitrogens with zero attached hydrogens (tertiary/aromatic N) is 1. The van der Waals surface area contributed by atoms with Crippen molar-refractivity contribution in [2.75, 3.05) is 6.54 Å². The Bertz CT molecular complexity index is 437. The lowest BCUT2D eigenvalue weighted by Gasteiger charge is -2.25. The van der Waals surface area contributed by atoms with E-state index in [2.05, 4.69) is 21.2 Å². The zero-order chi connectivity index (χ0) is 14.6. The van der Waals surface area contributed by atoms with Gasteiger partial charge in [0.2, 0.25) is 0 Å². The number of carbonyl (C=O) groups excluding carboxylic acids is 1. The summed E-state index contributed by atoms with van der Waals surface area (Å²) in [5.74, 6) is -0.153. The highest BCUT2D eigenvalue weighted by atomic mass is 79.9. The van der Waals surface area contributed by atoms with E-state index in [0.29, 0.717) is 18.5 Å². The van der Waals surface area contributed by atoms with Gasteiger partial charge in [-0.3, -0.25) is 4.79 Å². The number of rotatable bonds is 6. The van der Waals surface area contributed by atoms with Crippen molar-refractivity contribution in [2.45, 2.75) is 52.2 Å². The van der Waals surface area contributed by atoms with Gasteiger partial charge in [0.05, 0.1) is 5.60 Å². The minimum atomic E-state index is -0.817. The first kappa shape index (κ1) is 16.2. The van der Waals surface area contributed by atoms with Crippen LogP contribution >= 0.6 is 15.9 Å². The van der Waals surface area contributed by atoms with Gasteiger partial charge in [0.25, 0.3) is 5.91 Å². The van der Waals surface area contributed by atoms with Gasteiger partial charge >= 0.3 is 0 Å². The standard InChI is InChI=1S/C14H23BrN2O2/c1-5-14(19,6-2)9-16-13(18)12-7-11(15)8-17(12)10(3)4/h7-8,10,19H,5-6,9H2,1-4H3,(H,16,18). The Morgan fingerprint density at radius 1 is 1.47 bits per heavy atom. The lowest BCUT2D eigenvalue weighted by molar-refractivity contribution is 0.0312. The molecular formula is C14H23BrN2O2. The van der Waals surface area contributed by atoms with E-state index in [0.717, 1.165) is 4.47 Å². The van der Waals surface area contributed by atoms with Crippen LogP contribution in [0.5, 0.6) is 0 Å². The van der Waals surface area contributed by atoms with E-state index in [1.807, 2.05) is 38.5 Å². The number of halogens is 1. The highest BCUT2D eigenvalue weighted by Crippen LogP contribution is 2.20. The predicted molar refractivity (Wildman–Crippen MR) is 80.4 cm³/mol. The van der Waals surface area contributed by atoms with Crippen molar-refractivity contribution in [3.63, 3.8) is 0 Å². The van der Waals surface area contributed by atoms with Crippen LogP contribution in [0.2, 0.25) is 0 Å². The molecule has 1 aromatic heterocycles. The number of carbonyl (C=O) groups is 1. The Morgan fingerprint density at radius 2 is 2.05 bits per heavy atom. The molecule has 0 saturated carbocycles. The van der Waals surface area contributed by atoms with E-state index in [9.17, 15) is 9.90 Å². The fourth-order valence-electron chi connectivity index (χ4n) is 1.89. The van der Waals surface area contributed by atoms with Crippen molar-refractivity contribution in [3.8, 4) is 0 Å². The number of aromatic nitrogens is 1. The molecule has 19 heavy (non-hydrogen) atoms. The summed E-state index contributed by atoms with van der Waals surface area (Å²) in [7, 11) is 0. The number of nitrogens with one attached hydrogen (secondary N) is 1. The minimum Gasteiger partial charge on any atom is -0.388 e. The second-order valence-electron chi connectivity index (χ2n) is 5.16. The summed E-state index contributed by atoms with van der Waals surface area (Å²) in [5.41, 5.74) is -0.210. The highest BCUT2D eigenvalue weighted by molar-refractivity contribution is 9.10. The molecule has 0 bridgehead atoms. The van der Waals surface area contributed by atoms with Crippen LogP contribution in [0.15, 0.2) is 16.7 Å². The third-order valence-corrected chi connectivity index (χ3v) is 3.93. The molecule has 1 rings (SSSR count). The van der Waals surface area contributed by atoms with Gasteiger partial charge in [0.15, 0.2) is 0 Å². The van der Waals surface area contributed by atoms with Crippen molar-refractivity contribution in [1.82, 2.24) is 9.88 Å². The molecule has 0 unspecified atom stereocenters. The Hall–Kier alpha value is -0.810. The number of hydrogen-bond acceptors (Lipinski definition) is 2. The van der Waals surface area contributed by atoms with E-state index in [1.54, 1.807) is 6.07 Å². The molecule has 1 aromatic rings. The average molecular weight is 331 g/mol. The Morgan fingerprint density at radius 3 is 2.53 bits per heavy atom. The van der Waals surface area contributed by atoms with Crippen LogP contribution in [-0.2, 0) is 0 Å². The van der Waals surface area contributed by atoms with Gasteiger partial charge in [-0.05, 0) is 48.7 Å². The molecule has 0 aromatic carbocycles. The molecule has 2 N–H and O–H groups in total. The van der Waals surface area contributed by atoms with Gasteiger partial charge in [0, 0.05) is 23.3 Å². The predicted octanol–water partition coefficient (Wildman–Crippen LogP) is 3.11. The molecule has 0 fully saturated rings. The quantitative estimate of drug-likeness (QED) is 0.841. The van der Waals surface area contributed by atoms with E-state index >= 15 is 0 Å². The van der Waals surface area contributed by atoms with Crippen molar-refractivity contribution in [2.24, 2.45) is 0 Å². The Labute approximate surface area is 123 Å². The second-order valence-corrected chi connectivity index (χ2v) is 6.07. The SMILES string of the molecule is CCC(O)(CC)CNC(=O)c1cc(Br)cn1C(C)C. The summed E-state index contributed by atoms with van der Waals surface area (Å²) in [4.78, 5) is 12.2. The monoisotopic (exact) mass is 330 g/mol. The van der Waals surface area contributed by atoms with Crippen LogP contribution in [0, 0.1) is 0 Å². The molecule has 0 aliphatic heterocycles. The number of amides is 1. The molecular weight excluding hydrogens is 308 g/mol. The molecule has 0 atom stereocenters. The summed E-state index contributed by atoms with van der Waals surface area (Å²) < 4.78 is 2.80. The van der Waals surface area contributed by atoms with Crippen molar-refractivity contribution in [3.05, 3.63) is 22.4 Å². The summed E-state index contributed by atoms with van der Waals surface area (Å²) in [6, 6.07) is 2.01. The molecule has 5 heteroatoms. The van der Waals surface area contributed by atoms with Gasteiger partial charge in [-0.1, -0.05) is 13.8 Å². The van der Waals surface area contributed by atoms with E-state index in [-0.39, 0.29) is 18.5 Å². The van der Waals surface area contributed by atoms with Crippen molar-refractivity contribution in [1.29, 1.82) is 0 Å². The fraction of sp³-hybridized carbons (Fsp3) is 0.643.